The molecule has 0 saturated heterocycles. The van der Waals surface area contributed by atoms with E-state index < -0.39 is 0 Å². The van der Waals surface area contributed by atoms with Crippen LogP contribution in [0.4, 0.5) is 0 Å². The first-order valence-corrected chi connectivity index (χ1v) is 7.81. The highest BCUT2D eigenvalue weighted by Gasteiger charge is 2.08. The standard InChI is InChI=1S/C20H28/c1-4-7-10-15-18(14-8-5-2)20(13-6-3)19-16-11-9-12-17-19/h4,6,9,11-12,16-17H,1,3,5,7-8,10,13-15H2,2H3/b20-18+. The first-order valence-electron chi connectivity index (χ1n) is 7.81. The minimum absolute atomic E-state index is 0.969. The van der Waals surface area contributed by atoms with Crippen molar-refractivity contribution in [1.82, 2.24) is 0 Å². The van der Waals surface area contributed by atoms with Gasteiger partial charge < -0.3 is 0 Å². The highest BCUT2D eigenvalue weighted by atomic mass is 14.1. The number of hydrogen-bond acceptors (Lipinski definition) is 0. The highest BCUT2D eigenvalue weighted by Crippen LogP contribution is 2.29. The van der Waals surface area contributed by atoms with E-state index in [0.29, 0.717) is 0 Å². The Balaban J connectivity index is 3.01. The predicted octanol–water partition coefficient (Wildman–Crippen LogP) is 6.56. The van der Waals surface area contributed by atoms with Gasteiger partial charge in [0, 0.05) is 0 Å². The molecule has 0 radical (unpaired) electrons. The number of rotatable bonds is 10. The Labute approximate surface area is 124 Å². The summed E-state index contributed by atoms with van der Waals surface area (Å²) in [6.07, 6.45) is 12.3. The van der Waals surface area contributed by atoms with Crippen molar-refractivity contribution in [2.24, 2.45) is 0 Å². The van der Waals surface area contributed by atoms with Crippen LogP contribution in [0.1, 0.15) is 57.4 Å². The van der Waals surface area contributed by atoms with Crippen LogP contribution in [0, 0.1) is 0 Å². The molecular formula is C20H28. The zero-order valence-corrected chi connectivity index (χ0v) is 12.9. The van der Waals surface area contributed by atoms with Gasteiger partial charge >= 0.3 is 0 Å². The Hall–Kier alpha value is -1.56. The van der Waals surface area contributed by atoms with Gasteiger partial charge in [-0.25, -0.2) is 0 Å². The van der Waals surface area contributed by atoms with E-state index in [4.69, 9.17) is 0 Å². The second-order valence-corrected chi connectivity index (χ2v) is 5.23. The third-order valence-corrected chi connectivity index (χ3v) is 3.62. The molecule has 1 aromatic rings. The third kappa shape index (κ3) is 5.61. The van der Waals surface area contributed by atoms with Gasteiger partial charge in [-0.15, -0.1) is 13.2 Å². The van der Waals surface area contributed by atoms with Gasteiger partial charge in [0.25, 0.3) is 0 Å². The second-order valence-electron chi connectivity index (χ2n) is 5.23. The molecule has 1 rings (SSSR count). The van der Waals surface area contributed by atoms with Crippen molar-refractivity contribution in [3.05, 3.63) is 66.8 Å². The fourth-order valence-electron chi connectivity index (χ4n) is 2.53. The normalized spacial score (nSPS) is 11.8. The van der Waals surface area contributed by atoms with E-state index in [0.717, 1.165) is 12.8 Å². The minimum atomic E-state index is 0.969. The second kappa shape index (κ2) is 10.3. The molecule has 0 saturated carbocycles. The average molecular weight is 268 g/mol. The molecule has 0 heterocycles. The molecule has 0 N–H and O–H groups in total. The molecular weight excluding hydrogens is 240 g/mol. The molecule has 1 aromatic carbocycles. The third-order valence-electron chi connectivity index (χ3n) is 3.62. The van der Waals surface area contributed by atoms with Gasteiger partial charge in [0.2, 0.25) is 0 Å². The predicted molar refractivity (Wildman–Crippen MR) is 91.7 cm³/mol. The molecule has 0 aliphatic heterocycles. The van der Waals surface area contributed by atoms with Crippen LogP contribution >= 0.6 is 0 Å². The summed E-state index contributed by atoms with van der Waals surface area (Å²) in [4.78, 5) is 0. The molecule has 108 valence electrons. The number of hydrogen-bond donors (Lipinski definition) is 0. The first-order chi connectivity index (χ1) is 9.83. The fraction of sp³-hybridized carbons (Fsp3) is 0.400. The zero-order valence-electron chi connectivity index (χ0n) is 12.9. The monoisotopic (exact) mass is 268 g/mol. The van der Waals surface area contributed by atoms with E-state index >= 15 is 0 Å². The van der Waals surface area contributed by atoms with Gasteiger partial charge in [-0.3, -0.25) is 0 Å². The van der Waals surface area contributed by atoms with Crippen molar-refractivity contribution in [3.63, 3.8) is 0 Å². The smallest absolute Gasteiger partial charge is 0.00946 e. The van der Waals surface area contributed by atoms with Crippen LogP contribution in [0.25, 0.3) is 5.57 Å². The van der Waals surface area contributed by atoms with Gasteiger partial charge in [0.15, 0.2) is 0 Å². The number of allylic oxidation sites excluding steroid dienone is 4. The first kappa shape index (κ1) is 16.5. The van der Waals surface area contributed by atoms with Crippen LogP contribution in [0.3, 0.4) is 0 Å². The summed E-state index contributed by atoms with van der Waals surface area (Å²) in [6, 6.07) is 10.8. The molecule has 0 spiro atoms. The maximum atomic E-state index is 3.93. The molecule has 0 aliphatic carbocycles. The van der Waals surface area contributed by atoms with Crippen molar-refractivity contribution in [1.29, 1.82) is 0 Å². The van der Waals surface area contributed by atoms with Crippen LogP contribution < -0.4 is 0 Å². The topological polar surface area (TPSA) is 0 Å². The van der Waals surface area contributed by atoms with E-state index in [-0.39, 0.29) is 0 Å². The van der Waals surface area contributed by atoms with Crippen molar-refractivity contribution in [2.75, 3.05) is 0 Å². The van der Waals surface area contributed by atoms with E-state index in [1.54, 1.807) is 5.57 Å². The van der Waals surface area contributed by atoms with Crippen LogP contribution in [0.5, 0.6) is 0 Å². The van der Waals surface area contributed by atoms with Crippen molar-refractivity contribution in [3.8, 4) is 0 Å². The summed E-state index contributed by atoms with van der Waals surface area (Å²) in [6.45, 7) is 10.0. The summed E-state index contributed by atoms with van der Waals surface area (Å²) >= 11 is 0. The Kier molecular flexibility index (Phi) is 8.46. The van der Waals surface area contributed by atoms with Gasteiger partial charge in [0.05, 0.1) is 0 Å². The van der Waals surface area contributed by atoms with E-state index in [1.165, 1.54) is 43.2 Å². The molecule has 0 bridgehead atoms. The largest absolute Gasteiger partial charge is 0.103 e. The summed E-state index contributed by atoms with van der Waals surface area (Å²) in [5.74, 6) is 0. The molecule has 0 fully saturated rings. The maximum Gasteiger partial charge on any atom is -0.00946 e. The van der Waals surface area contributed by atoms with Crippen molar-refractivity contribution >= 4 is 5.57 Å². The minimum Gasteiger partial charge on any atom is -0.103 e. The zero-order chi connectivity index (χ0) is 14.6. The number of unbranched alkanes of at least 4 members (excludes halogenated alkanes) is 2. The number of benzene rings is 1. The Morgan fingerprint density at radius 3 is 2.30 bits per heavy atom. The highest BCUT2D eigenvalue weighted by molar-refractivity contribution is 5.69. The lowest BCUT2D eigenvalue weighted by Crippen LogP contribution is -1.94. The Morgan fingerprint density at radius 1 is 1.00 bits per heavy atom. The van der Waals surface area contributed by atoms with E-state index in [1.807, 2.05) is 12.2 Å². The molecule has 0 atom stereocenters. The molecule has 0 aliphatic rings. The van der Waals surface area contributed by atoms with E-state index in [2.05, 4.69) is 50.4 Å². The summed E-state index contributed by atoms with van der Waals surface area (Å²) in [5.41, 5.74) is 4.45. The maximum absolute atomic E-state index is 3.93. The van der Waals surface area contributed by atoms with Gasteiger partial charge in [-0.1, -0.05) is 61.4 Å². The van der Waals surface area contributed by atoms with Crippen LogP contribution in [-0.4, -0.2) is 0 Å². The summed E-state index contributed by atoms with van der Waals surface area (Å²) < 4.78 is 0. The van der Waals surface area contributed by atoms with E-state index in [9.17, 15) is 0 Å². The molecule has 0 aromatic heterocycles. The Morgan fingerprint density at radius 2 is 1.70 bits per heavy atom. The summed E-state index contributed by atoms with van der Waals surface area (Å²) in [5, 5.41) is 0. The van der Waals surface area contributed by atoms with Crippen LogP contribution in [0.15, 0.2) is 61.2 Å². The van der Waals surface area contributed by atoms with Crippen molar-refractivity contribution in [2.45, 2.75) is 51.9 Å². The molecule has 0 nitrogen and oxygen atoms in total. The van der Waals surface area contributed by atoms with Gasteiger partial charge in [-0.05, 0) is 49.7 Å². The Bertz CT molecular complexity index is 423. The quantitative estimate of drug-likeness (QED) is 0.333. The van der Waals surface area contributed by atoms with Crippen LogP contribution in [0.2, 0.25) is 0 Å². The lowest BCUT2D eigenvalue weighted by molar-refractivity contribution is 0.727. The van der Waals surface area contributed by atoms with Gasteiger partial charge in [0.1, 0.15) is 0 Å². The van der Waals surface area contributed by atoms with Crippen molar-refractivity contribution < 1.29 is 0 Å². The molecule has 0 heteroatoms. The fourth-order valence-corrected chi connectivity index (χ4v) is 2.53. The lowest BCUT2D eigenvalue weighted by Gasteiger charge is -2.15. The molecule has 0 amide bonds. The average Bonchev–Trinajstić information content (AvgIpc) is 2.50. The molecule has 20 heavy (non-hydrogen) atoms. The SMILES string of the molecule is C=CCCC/C(CCCC)=C(\CC=C)c1ccccc1. The molecule has 0 unspecified atom stereocenters. The summed E-state index contributed by atoms with van der Waals surface area (Å²) in [7, 11) is 0. The van der Waals surface area contributed by atoms with Gasteiger partial charge in [-0.2, -0.15) is 0 Å². The van der Waals surface area contributed by atoms with Crippen LogP contribution in [-0.2, 0) is 0 Å². The lowest BCUT2D eigenvalue weighted by atomic mass is 9.91.